The molecule has 2 amide bonds. The van der Waals surface area contributed by atoms with E-state index in [4.69, 9.17) is 0 Å². The molecule has 1 aromatic heterocycles. The number of thioether (sulfide) groups is 2. The number of carboxylic acid groups (broad SMARTS) is 1. The molecule has 32 heavy (non-hydrogen) atoms. The molecule has 164 valence electrons. The van der Waals surface area contributed by atoms with Crippen LogP contribution in [0, 0.1) is 0 Å². The van der Waals surface area contributed by atoms with Gasteiger partial charge in [-0.1, -0.05) is 36.4 Å². The van der Waals surface area contributed by atoms with Gasteiger partial charge in [0.15, 0.2) is 0 Å². The fourth-order valence-corrected chi connectivity index (χ4v) is 5.81. The van der Waals surface area contributed by atoms with Crippen LogP contribution in [0.15, 0.2) is 71.5 Å². The summed E-state index contributed by atoms with van der Waals surface area (Å²) < 4.78 is 0. The summed E-state index contributed by atoms with van der Waals surface area (Å²) in [5.74, 6) is -0.793. The van der Waals surface area contributed by atoms with E-state index < -0.39 is 17.4 Å². The van der Waals surface area contributed by atoms with Crippen LogP contribution in [0.3, 0.4) is 0 Å². The summed E-state index contributed by atoms with van der Waals surface area (Å²) in [5.41, 5.74) is 2.55. The van der Waals surface area contributed by atoms with E-state index >= 15 is 0 Å². The van der Waals surface area contributed by atoms with E-state index in [1.165, 1.54) is 28.4 Å². The zero-order valence-electron chi connectivity index (χ0n) is 17.0. The lowest BCUT2D eigenvalue weighted by Crippen LogP contribution is -2.70. The largest absolute Gasteiger partial charge is 0.477 e. The molecule has 2 N–H and O–H groups in total. The minimum atomic E-state index is -1.12. The Morgan fingerprint density at radius 2 is 2.06 bits per heavy atom. The van der Waals surface area contributed by atoms with E-state index in [1.807, 2.05) is 53.9 Å². The Balaban J connectivity index is 1.39. The fourth-order valence-electron chi connectivity index (χ4n) is 3.55. The minimum Gasteiger partial charge on any atom is -0.477 e. The van der Waals surface area contributed by atoms with E-state index in [-0.39, 0.29) is 23.9 Å². The molecule has 2 aliphatic rings. The van der Waals surface area contributed by atoms with Gasteiger partial charge >= 0.3 is 5.97 Å². The number of aliphatic carboxylic acids is 1. The molecule has 2 aliphatic heterocycles. The normalized spacial score (nSPS) is 20.1. The standard InChI is InChI=1S/C23H21N3O4S2/c27-18(11-15-5-2-1-3-6-15)25-19-21(28)26-20(23(29)30)17(14-32-22(19)26)13-31-10-8-16-7-4-9-24-12-16/h1-10,12,19,22H,11,13-14H2,(H,25,27)(H,29,30)/t19?,22-/m0/s1. The number of nitrogens with one attached hydrogen (secondary N) is 1. The maximum atomic E-state index is 12.7. The number of nitrogens with zero attached hydrogens (tertiary/aromatic N) is 2. The summed E-state index contributed by atoms with van der Waals surface area (Å²) in [6.07, 6.45) is 5.52. The molecule has 1 unspecified atom stereocenters. The molecule has 1 saturated heterocycles. The van der Waals surface area contributed by atoms with Gasteiger partial charge in [0.1, 0.15) is 17.1 Å². The molecule has 7 nitrogen and oxygen atoms in total. The minimum absolute atomic E-state index is 0.0367. The van der Waals surface area contributed by atoms with Gasteiger partial charge in [0.25, 0.3) is 5.91 Å². The summed E-state index contributed by atoms with van der Waals surface area (Å²) in [7, 11) is 0. The lowest BCUT2D eigenvalue weighted by molar-refractivity contribution is -0.150. The number of carbonyl (C=O) groups is 3. The number of fused-ring (bicyclic) bond motifs is 1. The van der Waals surface area contributed by atoms with Gasteiger partial charge in [-0.15, -0.1) is 23.5 Å². The van der Waals surface area contributed by atoms with Gasteiger partial charge in [0, 0.05) is 23.9 Å². The van der Waals surface area contributed by atoms with E-state index in [1.54, 1.807) is 12.4 Å². The number of pyridine rings is 1. The first-order valence-corrected chi connectivity index (χ1v) is 12.1. The maximum absolute atomic E-state index is 12.7. The highest BCUT2D eigenvalue weighted by molar-refractivity contribution is 8.02. The zero-order valence-corrected chi connectivity index (χ0v) is 18.6. The van der Waals surface area contributed by atoms with Gasteiger partial charge in [-0.2, -0.15) is 0 Å². The van der Waals surface area contributed by atoms with Crippen molar-refractivity contribution < 1.29 is 19.5 Å². The number of amides is 2. The average Bonchev–Trinajstić information content (AvgIpc) is 2.81. The van der Waals surface area contributed by atoms with Crippen LogP contribution < -0.4 is 5.32 Å². The van der Waals surface area contributed by atoms with Crippen LogP contribution in [0.1, 0.15) is 11.1 Å². The fraction of sp³-hybridized carbons (Fsp3) is 0.217. The van der Waals surface area contributed by atoms with Crippen LogP contribution >= 0.6 is 23.5 Å². The number of β-lactam (4-membered cyclic amide) rings is 1. The lowest BCUT2D eigenvalue weighted by atomic mass is 10.0. The molecule has 4 rings (SSSR count). The van der Waals surface area contributed by atoms with Crippen molar-refractivity contribution in [3.8, 4) is 0 Å². The van der Waals surface area contributed by atoms with Crippen LogP contribution in [-0.4, -0.2) is 55.7 Å². The zero-order chi connectivity index (χ0) is 22.5. The number of carboxylic acids is 1. The van der Waals surface area contributed by atoms with Gasteiger partial charge in [-0.3, -0.25) is 19.5 Å². The van der Waals surface area contributed by atoms with E-state index in [2.05, 4.69) is 10.3 Å². The number of aromatic nitrogens is 1. The molecule has 3 heterocycles. The third-order valence-corrected chi connectivity index (χ3v) is 7.26. The first-order valence-electron chi connectivity index (χ1n) is 9.96. The van der Waals surface area contributed by atoms with Crippen LogP contribution in [0.25, 0.3) is 6.08 Å². The number of carbonyl (C=O) groups excluding carboxylic acids is 2. The third-order valence-electron chi connectivity index (χ3n) is 5.07. The molecule has 0 aliphatic carbocycles. The van der Waals surface area contributed by atoms with Crippen molar-refractivity contribution in [1.82, 2.24) is 15.2 Å². The first kappa shape index (κ1) is 22.2. The van der Waals surface area contributed by atoms with Gasteiger partial charge in [0.2, 0.25) is 5.91 Å². The summed E-state index contributed by atoms with van der Waals surface area (Å²) in [6, 6.07) is 12.3. The summed E-state index contributed by atoms with van der Waals surface area (Å²) >= 11 is 2.94. The van der Waals surface area contributed by atoms with Crippen molar-refractivity contribution in [2.75, 3.05) is 11.5 Å². The Labute approximate surface area is 194 Å². The summed E-state index contributed by atoms with van der Waals surface area (Å²) in [6.45, 7) is 0. The molecule has 0 spiro atoms. The molecule has 0 saturated carbocycles. The molecule has 9 heteroatoms. The van der Waals surface area contributed by atoms with Crippen molar-refractivity contribution in [3.63, 3.8) is 0 Å². The number of rotatable bonds is 8. The van der Waals surface area contributed by atoms with Gasteiger partial charge in [-0.05, 0) is 34.3 Å². The molecular formula is C23H21N3O4S2. The Morgan fingerprint density at radius 3 is 2.78 bits per heavy atom. The second-order valence-electron chi connectivity index (χ2n) is 7.27. The molecule has 0 radical (unpaired) electrons. The van der Waals surface area contributed by atoms with Gasteiger partial charge in [0.05, 0.1) is 6.42 Å². The third kappa shape index (κ3) is 4.89. The van der Waals surface area contributed by atoms with E-state index in [0.29, 0.717) is 17.1 Å². The highest BCUT2D eigenvalue weighted by atomic mass is 32.2. The maximum Gasteiger partial charge on any atom is 0.352 e. The van der Waals surface area contributed by atoms with Crippen LogP contribution in [0.4, 0.5) is 0 Å². The number of benzene rings is 1. The molecule has 2 atom stereocenters. The SMILES string of the molecule is O=C(Cc1ccccc1)NC1C(=O)N2C(C(=O)O)=C(CSC=Cc3cccnc3)CS[C@@H]12. The van der Waals surface area contributed by atoms with E-state index in [0.717, 1.165) is 11.1 Å². The number of hydrogen-bond acceptors (Lipinski definition) is 6. The van der Waals surface area contributed by atoms with Crippen molar-refractivity contribution in [2.24, 2.45) is 0 Å². The predicted octanol–water partition coefficient (Wildman–Crippen LogP) is 2.77. The summed E-state index contributed by atoms with van der Waals surface area (Å²) in [4.78, 5) is 42.4. The molecule has 1 fully saturated rings. The average molecular weight is 468 g/mol. The van der Waals surface area contributed by atoms with Gasteiger partial charge in [-0.25, -0.2) is 4.79 Å². The van der Waals surface area contributed by atoms with Crippen LogP contribution in [0.2, 0.25) is 0 Å². The molecular weight excluding hydrogens is 446 g/mol. The highest BCUT2D eigenvalue weighted by Gasteiger charge is 2.54. The topological polar surface area (TPSA) is 99.6 Å². The van der Waals surface area contributed by atoms with Crippen LogP contribution in [0.5, 0.6) is 0 Å². The second-order valence-corrected chi connectivity index (χ2v) is 9.27. The van der Waals surface area contributed by atoms with Crippen LogP contribution in [-0.2, 0) is 20.8 Å². The molecule has 2 aromatic rings. The number of hydrogen-bond donors (Lipinski definition) is 2. The van der Waals surface area contributed by atoms with Crippen molar-refractivity contribution in [3.05, 3.63) is 82.7 Å². The Bertz CT molecular complexity index is 1070. The lowest BCUT2D eigenvalue weighted by Gasteiger charge is -2.49. The summed E-state index contributed by atoms with van der Waals surface area (Å²) in [5, 5.41) is 14.0. The molecule has 0 bridgehead atoms. The van der Waals surface area contributed by atoms with Gasteiger partial charge < -0.3 is 10.4 Å². The monoisotopic (exact) mass is 467 g/mol. The second kappa shape index (κ2) is 10.1. The Kier molecular flexibility index (Phi) is 6.96. The van der Waals surface area contributed by atoms with Crippen molar-refractivity contribution in [2.45, 2.75) is 17.8 Å². The first-order chi connectivity index (χ1) is 15.5. The van der Waals surface area contributed by atoms with E-state index in [9.17, 15) is 19.5 Å². The Hall–Kier alpha value is -3.04. The van der Waals surface area contributed by atoms with Crippen molar-refractivity contribution >= 4 is 47.4 Å². The predicted molar refractivity (Wildman–Crippen MR) is 126 cm³/mol. The smallest absolute Gasteiger partial charge is 0.352 e. The quantitative estimate of drug-likeness (QED) is 0.576. The Morgan fingerprint density at radius 1 is 1.25 bits per heavy atom. The van der Waals surface area contributed by atoms with Crippen molar-refractivity contribution in [1.29, 1.82) is 0 Å². The highest BCUT2D eigenvalue weighted by Crippen LogP contribution is 2.41. The molecule has 1 aromatic carbocycles.